The molecule has 0 unspecified atom stereocenters. The largest absolute Gasteiger partial charge is 0.298 e. The summed E-state index contributed by atoms with van der Waals surface area (Å²) in [5, 5.41) is 4.17. The summed E-state index contributed by atoms with van der Waals surface area (Å²) in [6.07, 6.45) is 2.67. The Hall–Kier alpha value is -1.64. The molecule has 0 N–H and O–H groups in total. The van der Waals surface area contributed by atoms with Crippen LogP contribution in [0.25, 0.3) is 5.52 Å². The lowest BCUT2D eigenvalue weighted by molar-refractivity contribution is 0.112. The summed E-state index contributed by atoms with van der Waals surface area (Å²) in [6.45, 7) is 1.83. The maximum Gasteiger partial charge on any atom is 0.154 e. The second-order valence-corrected chi connectivity index (χ2v) is 2.65. The van der Waals surface area contributed by atoms with Gasteiger partial charge in [-0.25, -0.2) is 4.52 Å². The number of hydrogen-bond donors (Lipinski definition) is 0. The van der Waals surface area contributed by atoms with E-state index >= 15 is 0 Å². The van der Waals surface area contributed by atoms with Gasteiger partial charge in [-0.15, -0.1) is 0 Å². The van der Waals surface area contributed by atoms with Gasteiger partial charge in [0.25, 0.3) is 0 Å². The van der Waals surface area contributed by atoms with E-state index in [9.17, 15) is 4.79 Å². The average molecular weight is 160 g/mol. The molecular formula is C9H8N2O. The number of aromatic nitrogens is 2. The first kappa shape index (κ1) is 7.03. The SMILES string of the molecule is Cc1nn2ccccc2c1C=O. The van der Waals surface area contributed by atoms with E-state index in [1.54, 1.807) is 4.52 Å². The number of carbonyl (C=O) groups excluding carboxylic acids is 1. The van der Waals surface area contributed by atoms with E-state index in [-0.39, 0.29) is 0 Å². The Morgan fingerprint density at radius 3 is 3.08 bits per heavy atom. The Kier molecular flexibility index (Phi) is 1.43. The summed E-state index contributed by atoms with van der Waals surface area (Å²) < 4.78 is 1.71. The zero-order chi connectivity index (χ0) is 8.55. The average Bonchev–Trinajstić information content (AvgIpc) is 2.40. The van der Waals surface area contributed by atoms with Gasteiger partial charge in [-0.1, -0.05) is 6.07 Å². The minimum absolute atomic E-state index is 0.676. The summed E-state index contributed by atoms with van der Waals surface area (Å²) in [5.74, 6) is 0. The van der Waals surface area contributed by atoms with Crippen molar-refractivity contribution in [1.82, 2.24) is 9.61 Å². The fourth-order valence-electron chi connectivity index (χ4n) is 1.28. The Morgan fingerprint density at radius 1 is 1.50 bits per heavy atom. The first-order valence-electron chi connectivity index (χ1n) is 3.72. The molecule has 0 radical (unpaired) electrons. The van der Waals surface area contributed by atoms with Crippen LogP contribution in [0.15, 0.2) is 24.4 Å². The molecule has 2 aromatic rings. The number of carbonyl (C=O) groups is 1. The van der Waals surface area contributed by atoms with Crippen molar-refractivity contribution >= 4 is 11.8 Å². The minimum atomic E-state index is 0.676. The topological polar surface area (TPSA) is 34.4 Å². The molecule has 0 fully saturated rings. The molecule has 2 rings (SSSR count). The highest BCUT2D eigenvalue weighted by molar-refractivity contribution is 5.87. The molecule has 60 valence electrons. The summed E-state index contributed by atoms with van der Waals surface area (Å²) in [7, 11) is 0. The maximum absolute atomic E-state index is 10.6. The monoisotopic (exact) mass is 160 g/mol. The van der Waals surface area contributed by atoms with Crippen molar-refractivity contribution in [1.29, 1.82) is 0 Å². The Bertz CT molecular complexity index is 431. The maximum atomic E-state index is 10.6. The van der Waals surface area contributed by atoms with E-state index in [1.165, 1.54) is 0 Å². The van der Waals surface area contributed by atoms with Crippen LogP contribution in [0.4, 0.5) is 0 Å². The second kappa shape index (κ2) is 2.44. The number of fused-ring (bicyclic) bond motifs is 1. The molecule has 0 atom stereocenters. The van der Waals surface area contributed by atoms with Crippen molar-refractivity contribution < 1.29 is 4.79 Å². The van der Waals surface area contributed by atoms with E-state index in [4.69, 9.17) is 0 Å². The molecule has 2 aromatic heterocycles. The molecule has 0 aliphatic heterocycles. The van der Waals surface area contributed by atoms with Gasteiger partial charge in [0, 0.05) is 6.20 Å². The van der Waals surface area contributed by atoms with Gasteiger partial charge in [-0.3, -0.25) is 4.79 Å². The van der Waals surface area contributed by atoms with Crippen molar-refractivity contribution in [3.05, 3.63) is 35.7 Å². The zero-order valence-electron chi connectivity index (χ0n) is 6.69. The molecule has 0 amide bonds. The van der Waals surface area contributed by atoms with Crippen molar-refractivity contribution in [3.8, 4) is 0 Å². The lowest BCUT2D eigenvalue weighted by atomic mass is 10.2. The number of pyridine rings is 1. The molecule has 0 saturated carbocycles. The molecule has 3 heteroatoms. The van der Waals surface area contributed by atoms with Crippen LogP contribution in [-0.4, -0.2) is 15.9 Å². The van der Waals surface area contributed by atoms with Crippen LogP contribution in [0.5, 0.6) is 0 Å². The van der Waals surface area contributed by atoms with E-state index in [2.05, 4.69) is 5.10 Å². The highest BCUT2D eigenvalue weighted by Gasteiger charge is 2.05. The van der Waals surface area contributed by atoms with Crippen LogP contribution in [-0.2, 0) is 0 Å². The van der Waals surface area contributed by atoms with E-state index < -0.39 is 0 Å². The van der Waals surface area contributed by atoms with Gasteiger partial charge >= 0.3 is 0 Å². The van der Waals surface area contributed by atoms with E-state index in [0.717, 1.165) is 17.5 Å². The third-order valence-corrected chi connectivity index (χ3v) is 1.88. The standard InChI is InChI=1S/C9H8N2O/c1-7-8(6-12)9-4-2-3-5-11(9)10-7/h2-6H,1H3. The number of nitrogens with zero attached hydrogens (tertiary/aromatic N) is 2. The van der Waals surface area contributed by atoms with Gasteiger partial charge in [0.05, 0.1) is 16.8 Å². The fourth-order valence-corrected chi connectivity index (χ4v) is 1.28. The van der Waals surface area contributed by atoms with Gasteiger partial charge < -0.3 is 0 Å². The first-order chi connectivity index (χ1) is 5.83. The van der Waals surface area contributed by atoms with Crippen LogP contribution in [0.2, 0.25) is 0 Å². The highest BCUT2D eigenvalue weighted by atomic mass is 16.1. The molecular weight excluding hydrogens is 152 g/mol. The van der Waals surface area contributed by atoms with Crippen LogP contribution in [0, 0.1) is 6.92 Å². The third kappa shape index (κ3) is 0.830. The van der Waals surface area contributed by atoms with Crippen molar-refractivity contribution in [3.63, 3.8) is 0 Å². The molecule has 12 heavy (non-hydrogen) atoms. The molecule has 0 aliphatic rings. The molecule has 0 aromatic carbocycles. The van der Waals surface area contributed by atoms with Crippen LogP contribution in [0.1, 0.15) is 16.1 Å². The zero-order valence-corrected chi connectivity index (χ0v) is 6.69. The molecule has 0 bridgehead atoms. The Labute approximate surface area is 69.6 Å². The highest BCUT2D eigenvalue weighted by Crippen LogP contribution is 2.11. The predicted molar refractivity (Wildman–Crippen MR) is 45.3 cm³/mol. The van der Waals surface area contributed by atoms with Crippen molar-refractivity contribution in [2.45, 2.75) is 6.92 Å². The third-order valence-electron chi connectivity index (χ3n) is 1.88. The fraction of sp³-hybridized carbons (Fsp3) is 0.111. The summed E-state index contributed by atoms with van der Waals surface area (Å²) >= 11 is 0. The molecule has 0 spiro atoms. The van der Waals surface area contributed by atoms with E-state index in [0.29, 0.717) is 5.56 Å². The number of aryl methyl sites for hydroxylation is 1. The predicted octanol–water partition coefficient (Wildman–Crippen LogP) is 1.46. The Balaban J connectivity index is 2.90. The van der Waals surface area contributed by atoms with Gasteiger partial charge in [0.1, 0.15) is 0 Å². The quantitative estimate of drug-likeness (QED) is 0.592. The van der Waals surface area contributed by atoms with Gasteiger partial charge in [-0.2, -0.15) is 5.10 Å². The van der Waals surface area contributed by atoms with Gasteiger partial charge in [0.15, 0.2) is 6.29 Å². The van der Waals surface area contributed by atoms with Crippen LogP contribution < -0.4 is 0 Å². The summed E-state index contributed by atoms with van der Waals surface area (Å²) in [6, 6.07) is 5.65. The normalized spacial score (nSPS) is 10.4. The lowest BCUT2D eigenvalue weighted by Crippen LogP contribution is -1.83. The van der Waals surface area contributed by atoms with E-state index in [1.807, 2.05) is 31.3 Å². The molecule has 3 nitrogen and oxygen atoms in total. The molecule has 0 aliphatic carbocycles. The second-order valence-electron chi connectivity index (χ2n) is 2.65. The number of rotatable bonds is 1. The van der Waals surface area contributed by atoms with Crippen molar-refractivity contribution in [2.24, 2.45) is 0 Å². The smallest absolute Gasteiger partial charge is 0.154 e. The summed E-state index contributed by atoms with van der Waals surface area (Å²) in [5.41, 5.74) is 2.32. The molecule has 0 saturated heterocycles. The van der Waals surface area contributed by atoms with Crippen LogP contribution in [0.3, 0.4) is 0 Å². The van der Waals surface area contributed by atoms with Gasteiger partial charge in [0.2, 0.25) is 0 Å². The lowest BCUT2D eigenvalue weighted by Gasteiger charge is -1.89. The molecule has 2 heterocycles. The van der Waals surface area contributed by atoms with Gasteiger partial charge in [-0.05, 0) is 19.1 Å². The van der Waals surface area contributed by atoms with Crippen molar-refractivity contribution in [2.75, 3.05) is 0 Å². The Morgan fingerprint density at radius 2 is 2.33 bits per heavy atom. The number of hydrogen-bond acceptors (Lipinski definition) is 2. The first-order valence-corrected chi connectivity index (χ1v) is 3.72. The number of aldehydes is 1. The minimum Gasteiger partial charge on any atom is -0.298 e. The summed E-state index contributed by atoms with van der Waals surface area (Å²) in [4.78, 5) is 10.6. The van der Waals surface area contributed by atoms with Crippen LogP contribution >= 0.6 is 0 Å².